The minimum absolute atomic E-state index is 0.174. The largest absolute Gasteiger partial charge is 0.313 e. The Morgan fingerprint density at radius 3 is 2.40 bits per heavy atom. The van der Waals surface area contributed by atoms with Crippen molar-refractivity contribution in [2.75, 3.05) is 12.3 Å². The molecule has 1 nitrogen and oxygen atoms in total. The third kappa shape index (κ3) is 4.99. The Balaban J connectivity index is 1.91. The van der Waals surface area contributed by atoms with Gasteiger partial charge in [0, 0.05) is 16.7 Å². The molecule has 2 aromatic carbocycles. The Labute approximate surface area is 124 Å². The van der Waals surface area contributed by atoms with Crippen LogP contribution in [0.2, 0.25) is 0 Å². The zero-order valence-corrected chi connectivity index (χ0v) is 12.5. The van der Waals surface area contributed by atoms with Crippen LogP contribution in [0.3, 0.4) is 0 Å². The number of halogens is 1. The predicted octanol–water partition coefficient (Wildman–Crippen LogP) is 4.14. The summed E-state index contributed by atoms with van der Waals surface area (Å²) < 4.78 is 12.9. The normalized spacial score (nSPS) is 12.3. The van der Waals surface area contributed by atoms with Crippen molar-refractivity contribution in [2.24, 2.45) is 0 Å². The first-order valence-electron chi connectivity index (χ1n) is 6.93. The fourth-order valence-corrected chi connectivity index (χ4v) is 3.08. The maximum absolute atomic E-state index is 12.9. The van der Waals surface area contributed by atoms with Gasteiger partial charge in [-0.1, -0.05) is 37.3 Å². The van der Waals surface area contributed by atoms with Crippen LogP contribution >= 0.6 is 11.8 Å². The SMILES string of the molecule is CCNC(CSc1ccccc1)Cc1ccc(F)cc1. The molecule has 3 heteroatoms. The number of likely N-dealkylation sites (N-methyl/N-ethyl adjacent to an activating group) is 1. The second-order valence-corrected chi connectivity index (χ2v) is 5.80. The molecular formula is C17H20FNS. The molecule has 2 aromatic rings. The van der Waals surface area contributed by atoms with Gasteiger partial charge in [0.15, 0.2) is 0 Å². The van der Waals surface area contributed by atoms with Crippen LogP contribution in [0.25, 0.3) is 0 Å². The quantitative estimate of drug-likeness (QED) is 0.769. The zero-order valence-electron chi connectivity index (χ0n) is 11.7. The fourth-order valence-electron chi connectivity index (χ4n) is 2.10. The average Bonchev–Trinajstić information content (AvgIpc) is 2.48. The highest BCUT2D eigenvalue weighted by atomic mass is 32.2. The number of rotatable bonds is 7. The van der Waals surface area contributed by atoms with Gasteiger partial charge in [-0.3, -0.25) is 0 Å². The first kappa shape index (κ1) is 15.1. The van der Waals surface area contributed by atoms with Gasteiger partial charge in [0.2, 0.25) is 0 Å². The van der Waals surface area contributed by atoms with Crippen molar-refractivity contribution in [3.05, 3.63) is 66.0 Å². The molecule has 0 spiro atoms. The Kier molecular flexibility index (Phi) is 6.09. The Bertz CT molecular complexity index is 498. The van der Waals surface area contributed by atoms with E-state index in [1.54, 1.807) is 0 Å². The molecule has 1 N–H and O–H groups in total. The molecule has 0 aromatic heterocycles. The van der Waals surface area contributed by atoms with Gasteiger partial charge < -0.3 is 5.32 Å². The maximum atomic E-state index is 12.9. The molecule has 0 aliphatic rings. The van der Waals surface area contributed by atoms with Gasteiger partial charge in [0.1, 0.15) is 5.82 Å². The molecule has 0 saturated heterocycles. The molecule has 0 heterocycles. The molecule has 1 atom stereocenters. The number of hydrogen-bond donors (Lipinski definition) is 1. The van der Waals surface area contributed by atoms with Crippen LogP contribution in [0.4, 0.5) is 4.39 Å². The summed E-state index contributed by atoms with van der Waals surface area (Å²) in [5.41, 5.74) is 1.17. The average molecular weight is 289 g/mol. The summed E-state index contributed by atoms with van der Waals surface area (Å²) in [4.78, 5) is 1.29. The minimum Gasteiger partial charge on any atom is -0.313 e. The van der Waals surface area contributed by atoms with Crippen LogP contribution in [-0.4, -0.2) is 18.3 Å². The smallest absolute Gasteiger partial charge is 0.123 e. The third-order valence-electron chi connectivity index (χ3n) is 3.08. The summed E-state index contributed by atoms with van der Waals surface area (Å²) in [6.45, 7) is 3.06. The van der Waals surface area contributed by atoms with Crippen LogP contribution in [-0.2, 0) is 6.42 Å². The van der Waals surface area contributed by atoms with Crippen molar-refractivity contribution in [3.63, 3.8) is 0 Å². The lowest BCUT2D eigenvalue weighted by atomic mass is 10.1. The summed E-state index contributed by atoms with van der Waals surface area (Å²) in [6.07, 6.45) is 0.925. The lowest BCUT2D eigenvalue weighted by Gasteiger charge is -2.17. The first-order chi connectivity index (χ1) is 9.78. The van der Waals surface area contributed by atoms with E-state index in [-0.39, 0.29) is 5.82 Å². The van der Waals surface area contributed by atoms with Crippen molar-refractivity contribution >= 4 is 11.8 Å². The van der Waals surface area contributed by atoms with E-state index in [9.17, 15) is 4.39 Å². The summed E-state index contributed by atoms with van der Waals surface area (Å²) in [5.74, 6) is 0.835. The highest BCUT2D eigenvalue weighted by Gasteiger charge is 2.09. The lowest BCUT2D eigenvalue weighted by Crippen LogP contribution is -2.33. The van der Waals surface area contributed by atoms with Crippen molar-refractivity contribution in [1.82, 2.24) is 5.32 Å². The van der Waals surface area contributed by atoms with E-state index in [1.807, 2.05) is 30.0 Å². The number of hydrogen-bond acceptors (Lipinski definition) is 2. The fraction of sp³-hybridized carbons (Fsp3) is 0.294. The Hall–Kier alpha value is -1.32. The zero-order chi connectivity index (χ0) is 14.2. The van der Waals surface area contributed by atoms with Crippen molar-refractivity contribution in [1.29, 1.82) is 0 Å². The maximum Gasteiger partial charge on any atom is 0.123 e. The predicted molar refractivity (Wildman–Crippen MR) is 84.7 cm³/mol. The van der Waals surface area contributed by atoms with Crippen LogP contribution in [0, 0.1) is 5.82 Å². The van der Waals surface area contributed by atoms with Gasteiger partial charge in [-0.25, -0.2) is 4.39 Å². The molecule has 0 radical (unpaired) electrons. The van der Waals surface area contributed by atoms with Gasteiger partial charge in [-0.15, -0.1) is 11.8 Å². The van der Waals surface area contributed by atoms with Crippen LogP contribution in [0.1, 0.15) is 12.5 Å². The summed E-state index contributed by atoms with van der Waals surface area (Å²) in [5, 5.41) is 3.50. The van der Waals surface area contributed by atoms with Crippen LogP contribution < -0.4 is 5.32 Å². The molecule has 1 unspecified atom stereocenters. The first-order valence-corrected chi connectivity index (χ1v) is 7.92. The second-order valence-electron chi connectivity index (χ2n) is 4.71. The van der Waals surface area contributed by atoms with Crippen molar-refractivity contribution in [2.45, 2.75) is 24.3 Å². The molecule has 0 aliphatic carbocycles. The second kappa shape index (κ2) is 8.08. The highest BCUT2D eigenvalue weighted by molar-refractivity contribution is 7.99. The van der Waals surface area contributed by atoms with E-state index in [0.29, 0.717) is 6.04 Å². The van der Waals surface area contributed by atoms with Gasteiger partial charge >= 0.3 is 0 Å². The number of thioether (sulfide) groups is 1. The topological polar surface area (TPSA) is 12.0 Å². The molecule has 2 rings (SSSR count). The molecule has 0 bridgehead atoms. The molecule has 106 valence electrons. The lowest BCUT2D eigenvalue weighted by molar-refractivity contribution is 0.571. The number of nitrogens with one attached hydrogen (secondary N) is 1. The van der Waals surface area contributed by atoms with Crippen LogP contribution in [0.15, 0.2) is 59.5 Å². The van der Waals surface area contributed by atoms with Crippen LogP contribution in [0.5, 0.6) is 0 Å². The molecule has 0 aliphatic heterocycles. The van der Waals surface area contributed by atoms with E-state index in [1.165, 1.54) is 22.6 Å². The Morgan fingerprint density at radius 1 is 1.05 bits per heavy atom. The monoisotopic (exact) mass is 289 g/mol. The van der Waals surface area contributed by atoms with Crippen molar-refractivity contribution < 1.29 is 4.39 Å². The van der Waals surface area contributed by atoms with Gasteiger partial charge in [0.05, 0.1) is 0 Å². The molecule has 0 saturated carbocycles. The van der Waals surface area contributed by atoms with E-state index in [2.05, 4.69) is 36.5 Å². The summed E-state index contributed by atoms with van der Waals surface area (Å²) in [7, 11) is 0. The van der Waals surface area contributed by atoms with E-state index < -0.39 is 0 Å². The molecular weight excluding hydrogens is 269 g/mol. The van der Waals surface area contributed by atoms with E-state index in [4.69, 9.17) is 0 Å². The summed E-state index contributed by atoms with van der Waals surface area (Å²) >= 11 is 1.85. The molecule has 0 amide bonds. The number of benzene rings is 2. The minimum atomic E-state index is -0.174. The molecule has 20 heavy (non-hydrogen) atoms. The van der Waals surface area contributed by atoms with Gasteiger partial charge in [0.25, 0.3) is 0 Å². The van der Waals surface area contributed by atoms with Gasteiger partial charge in [-0.05, 0) is 42.8 Å². The van der Waals surface area contributed by atoms with E-state index in [0.717, 1.165) is 18.7 Å². The Morgan fingerprint density at radius 2 is 1.75 bits per heavy atom. The molecule has 0 fully saturated rings. The third-order valence-corrected chi connectivity index (χ3v) is 4.26. The van der Waals surface area contributed by atoms with Gasteiger partial charge in [-0.2, -0.15) is 0 Å². The summed E-state index contributed by atoms with van der Waals surface area (Å²) in [6, 6.07) is 17.6. The van der Waals surface area contributed by atoms with E-state index >= 15 is 0 Å². The van der Waals surface area contributed by atoms with Crippen molar-refractivity contribution in [3.8, 4) is 0 Å². The highest BCUT2D eigenvalue weighted by Crippen LogP contribution is 2.19. The standard InChI is InChI=1S/C17H20FNS/c1-2-19-16(12-14-8-10-15(18)11-9-14)13-20-17-6-4-3-5-7-17/h3-11,16,19H,2,12-13H2,1H3.